The number of imidazole rings is 1. The fourth-order valence-electron chi connectivity index (χ4n) is 3.95. The Morgan fingerprint density at radius 3 is 2.58 bits per heavy atom. The number of carbonyl (C=O) groups excluding carboxylic acids is 1. The van der Waals surface area contributed by atoms with Crippen LogP contribution in [0.4, 0.5) is 11.6 Å². The lowest BCUT2D eigenvalue weighted by molar-refractivity contribution is -0.115. The molecule has 0 aliphatic rings. The fourth-order valence-corrected chi connectivity index (χ4v) is 3.95. The van der Waals surface area contributed by atoms with E-state index in [9.17, 15) is 4.79 Å². The first-order chi connectivity index (χ1) is 17.6. The summed E-state index contributed by atoms with van der Waals surface area (Å²) in [5.74, 6) is 1.78. The fraction of sp³-hybridized carbons (Fsp3) is 0.107. The summed E-state index contributed by atoms with van der Waals surface area (Å²) >= 11 is 0. The van der Waals surface area contributed by atoms with Crippen LogP contribution in [0.5, 0.6) is 0 Å². The van der Waals surface area contributed by atoms with Gasteiger partial charge < -0.3 is 15.6 Å². The number of benzene rings is 1. The maximum Gasteiger partial charge on any atom is 0.225 e. The van der Waals surface area contributed by atoms with Crippen molar-refractivity contribution in [3.05, 3.63) is 91.2 Å². The standard InChI is InChI=1S/C28H25N7O/c1-4-25(36)34-24-12-11-18(15-31-24)19-14-21(28(29-3)32-16-19)17(2)27-33-23-10-7-8-20(26(23)35-27)22-9-5-6-13-30-22/h5-16H,2,4H2,1,3H3,(H,29,32)(H,33,35)(H,31,34,36). The van der Waals surface area contributed by atoms with Crippen LogP contribution in [-0.4, -0.2) is 37.9 Å². The first-order valence-corrected chi connectivity index (χ1v) is 11.6. The van der Waals surface area contributed by atoms with Crippen molar-refractivity contribution in [3.63, 3.8) is 0 Å². The molecule has 4 heterocycles. The lowest BCUT2D eigenvalue weighted by Gasteiger charge is -2.12. The number of para-hydroxylation sites is 1. The second-order valence-electron chi connectivity index (χ2n) is 8.18. The number of pyridine rings is 3. The van der Waals surface area contributed by atoms with Gasteiger partial charge in [0.1, 0.15) is 17.5 Å². The second-order valence-corrected chi connectivity index (χ2v) is 8.18. The Hall–Kier alpha value is -4.85. The average Bonchev–Trinajstić information content (AvgIpc) is 3.38. The number of aromatic amines is 1. The monoisotopic (exact) mass is 475 g/mol. The highest BCUT2D eigenvalue weighted by Crippen LogP contribution is 2.32. The highest BCUT2D eigenvalue weighted by atomic mass is 16.1. The van der Waals surface area contributed by atoms with Gasteiger partial charge in [0.2, 0.25) is 5.91 Å². The van der Waals surface area contributed by atoms with E-state index in [2.05, 4.69) is 37.1 Å². The van der Waals surface area contributed by atoms with Gasteiger partial charge in [-0.15, -0.1) is 0 Å². The maximum atomic E-state index is 11.6. The molecule has 0 aliphatic carbocycles. The molecule has 0 radical (unpaired) electrons. The number of hydrogen-bond donors (Lipinski definition) is 3. The molecule has 0 aliphatic heterocycles. The van der Waals surface area contributed by atoms with E-state index in [1.54, 1.807) is 31.6 Å². The Morgan fingerprint density at radius 1 is 1.00 bits per heavy atom. The van der Waals surface area contributed by atoms with Gasteiger partial charge in [-0.1, -0.05) is 31.7 Å². The normalized spacial score (nSPS) is 10.8. The summed E-state index contributed by atoms with van der Waals surface area (Å²) < 4.78 is 0. The second kappa shape index (κ2) is 9.79. The Morgan fingerprint density at radius 2 is 1.86 bits per heavy atom. The zero-order valence-corrected chi connectivity index (χ0v) is 20.0. The number of carbonyl (C=O) groups is 1. The van der Waals surface area contributed by atoms with Crippen LogP contribution in [0.15, 0.2) is 79.8 Å². The van der Waals surface area contributed by atoms with Gasteiger partial charge in [0.05, 0.1) is 16.7 Å². The third-order valence-corrected chi connectivity index (χ3v) is 5.87. The highest BCUT2D eigenvalue weighted by molar-refractivity contribution is 5.94. The molecule has 8 heteroatoms. The minimum absolute atomic E-state index is 0.0779. The Balaban J connectivity index is 1.51. The molecule has 0 spiro atoms. The average molecular weight is 476 g/mol. The van der Waals surface area contributed by atoms with Gasteiger partial charge in [-0.05, 0) is 36.4 Å². The molecule has 8 nitrogen and oxygen atoms in total. The van der Waals surface area contributed by atoms with Crippen molar-refractivity contribution in [1.82, 2.24) is 24.9 Å². The minimum atomic E-state index is -0.0779. The molecule has 0 unspecified atom stereocenters. The minimum Gasteiger partial charge on any atom is -0.373 e. The first-order valence-electron chi connectivity index (χ1n) is 11.6. The van der Waals surface area contributed by atoms with Crippen LogP contribution in [-0.2, 0) is 4.79 Å². The number of aromatic nitrogens is 5. The predicted octanol–water partition coefficient (Wildman–Crippen LogP) is 5.53. The predicted molar refractivity (Wildman–Crippen MR) is 143 cm³/mol. The molecule has 0 fully saturated rings. The molecule has 5 rings (SSSR count). The summed E-state index contributed by atoms with van der Waals surface area (Å²) in [6.45, 7) is 6.14. The van der Waals surface area contributed by atoms with E-state index in [-0.39, 0.29) is 5.91 Å². The van der Waals surface area contributed by atoms with Crippen molar-refractivity contribution in [3.8, 4) is 22.4 Å². The number of amides is 1. The van der Waals surface area contributed by atoms with Crippen LogP contribution >= 0.6 is 0 Å². The zero-order valence-electron chi connectivity index (χ0n) is 20.0. The number of nitrogens with zero attached hydrogens (tertiary/aromatic N) is 4. The summed E-state index contributed by atoms with van der Waals surface area (Å²) in [7, 11) is 1.82. The summed E-state index contributed by atoms with van der Waals surface area (Å²) in [4.78, 5) is 33.4. The molecule has 0 atom stereocenters. The molecule has 5 aromatic rings. The molecular weight excluding hydrogens is 450 g/mol. The van der Waals surface area contributed by atoms with Crippen molar-refractivity contribution in [2.24, 2.45) is 0 Å². The first kappa shape index (κ1) is 22.9. The molecular formula is C28H25N7O. The Kier molecular flexibility index (Phi) is 6.23. The van der Waals surface area contributed by atoms with Gasteiger partial charge in [-0.2, -0.15) is 0 Å². The van der Waals surface area contributed by atoms with Gasteiger partial charge in [0.15, 0.2) is 0 Å². The lowest BCUT2D eigenvalue weighted by atomic mass is 10.0. The van der Waals surface area contributed by atoms with E-state index >= 15 is 0 Å². The quantitative estimate of drug-likeness (QED) is 0.285. The van der Waals surface area contributed by atoms with Crippen LogP contribution in [0.1, 0.15) is 24.7 Å². The van der Waals surface area contributed by atoms with Gasteiger partial charge in [-0.3, -0.25) is 9.78 Å². The van der Waals surface area contributed by atoms with Crippen LogP contribution in [0.25, 0.3) is 39.0 Å². The van der Waals surface area contributed by atoms with Gasteiger partial charge in [0.25, 0.3) is 0 Å². The van der Waals surface area contributed by atoms with E-state index in [0.29, 0.717) is 29.5 Å². The molecule has 1 aromatic carbocycles. The topological polar surface area (TPSA) is 108 Å². The molecule has 0 saturated heterocycles. The Labute approximate surface area is 208 Å². The maximum absolute atomic E-state index is 11.6. The van der Waals surface area contributed by atoms with Gasteiger partial charge >= 0.3 is 0 Å². The third-order valence-electron chi connectivity index (χ3n) is 5.87. The summed E-state index contributed by atoms with van der Waals surface area (Å²) in [6, 6.07) is 17.5. The van der Waals surface area contributed by atoms with Gasteiger partial charge in [-0.25, -0.2) is 15.0 Å². The number of fused-ring (bicyclic) bond motifs is 1. The smallest absolute Gasteiger partial charge is 0.225 e. The van der Waals surface area contributed by atoms with Crippen LogP contribution in [0.2, 0.25) is 0 Å². The van der Waals surface area contributed by atoms with Crippen LogP contribution in [0.3, 0.4) is 0 Å². The molecule has 3 N–H and O–H groups in total. The number of hydrogen-bond acceptors (Lipinski definition) is 6. The van der Waals surface area contributed by atoms with Crippen molar-refractivity contribution in [2.45, 2.75) is 13.3 Å². The summed E-state index contributed by atoms with van der Waals surface area (Å²) in [5.41, 5.74) is 6.80. The van der Waals surface area contributed by atoms with Crippen molar-refractivity contribution < 1.29 is 4.79 Å². The van der Waals surface area contributed by atoms with E-state index in [1.807, 2.05) is 55.6 Å². The van der Waals surface area contributed by atoms with E-state index in [4.69, 9.17) is 4.98 Å². The van der Waals surface area contributed by atoms with Crippen molar-refractivity contribution in [1.29, 1.82) is 0 Å². The van der Waals surface area contributed by atoms with E-state index in [0.717, 1.165) is 39.0 Å². The van der Waals surface area contributed by atoms with E-state index < -0.39 is 0 Å². The molecule has 4 aromatic heterocycles. The highest BCUT2D eigenvalue weighted by Gasteiger charge is 2.16. The van der Waals surface area contributed by atoms with Crippen molar-refractivity contribution in [2.75, 3.05) is 17.7 Å². The SMILES string of the molecule is C=C(c1nc2c(-c3ccccn3)cccc2[nH]1)c1cc(-c2ccc(NC(=O)CC)nc2)cnc1NC. The van der Waals surface area contributed by atoms with Crippen LogP contribution < -0.4 is 10.6 Å². The van der Waals surface area contributed by atoms with Crippen LogP contribution in [0, 0.1) is 0 Å². The third kappa shape index (κ3) is 4.44. The molecule has 0 bridgehead atoms. The number of anilines is 2. The molecule has 36 heavy (non-hydrogen) atoms. The Bertz CT molecular complexity index is 1560. The van der Waals surface area contributed by atoms with E-state index in [1.165, 1.54) is 0 Å². The molecule has 178 valence electrons. The number of nitrogens with one attached hydrogen (secondary N) is 3. The zero-order chi connectivity index (χ0) is 25.1. The van der Waals surface area contributed by atoms with Gasteiger partial charge in [0, 0.05) is 59.9 Å². The van der Waals surface area contributed by atoms with Crippen molar-refractivity contribution >= 4 is 34.1 Å². The lowest BCUT2D eigenvalue weighted by Crippen LogP contribution is -2.10. The number of rotatable bonds is 7. The summed E-state index contributed by atoms with van der Waals surface area (Å²) in [5, 5.41) is 5.91. The number of H-pyrrole nitrogens is 1. The summed E-state index contributed by atoms with van der Waals surface area (Å²) in [6.07, 6.45) is 5.67. The largest absolute Gasteiger partial charge is 0.373 e. The molecule has 0 saturated carbocycles. The molecule has 1 amide bonds.